The quantitative estimate of drug-likeness (QED) is 0.781. The molecule has 116 valence electrons. The van der Waals surface area contributed by atoms with Gasteiger partial charge in [-0.15, -0.1) is 0 Å². The highest BCUT2D eigenvalue weighted by Gasteiger charge is 2.15. The Morgan fingerprint density at radius 3 is 2.45 bits per heavy atom. The first-order chi connectivity index (χ1) is 10.3. The third-order valence-corrected chi connectivity index (χ3v) is 3.51. The van der Waals surface area contributed by atoms with Crippen molar-refractivity contribution in [1.29, 1.82) is 0 Å². The van der Waals surface area contributed by atoms with Crippen LogP contribution in [-0.2, 0) is 0 Å². The summed E-state index contributed by atoms with van der Waals surface area (Å²) in [5, 5.41) is 0. The Kier molecular flexibility index (Phi) is 4.54. The lowest BCUT2D eigenvalue weighted by Gasteiger charge is -2.20. The number of anilines is 1. The van der Waals surface area contributed by atoms with E-state index in [2.05, 4.69) is 11.6 Å². The van der Waals surface area contributed by atoms with Gasteiger partial charge in [0.05, 0.1) is 5.56 Å². The first kappa shape index (κ1) is 16.1. The molecular formula is C17H17F3N2. The molecule has 0 saturated heterocycles. The Morgan fingerprint density at radius 2 is 1.91 bits per heavy atom. The summed E-state index contributed by atoms with van der Waals surface area (Å²) < 4.78 is 38.9. The lowest BCUT2D eigenvalue weighted by atomic mass is 10.0. The van der Waals surface area contributed by atoms with Gasteiger partial charge in [-0.1, -0.05) is 12.6 Å². The van der Waals surface area contributed by atoms with Crippen molar-refractivity contribution in [3.63, 3.8) is 0 Å². The van der Waals surface area contributed by atoms with Gasteiger partial charge in [0.25, 0.3) is 6.43 Å². The minimum Gasteiger partial charge on any atom is -0.334 e. The van der Waals surface area contributed by atoms with Gasteiger partial charge in [0, 0.05) is 24.5 Å². The minimum absolute atomic E-state index is 0.511. The first-order valence-corrected chi connectivity index (χ1v) is 6.75. The number of hydrogen-bond acceptors (Lipinski definition) is 2. The molecule has 0 amide bonds. The fourth-order valence-electron chi connectivity index (χ4n) is 2.15. The predicted molar refractivity (Wildman–Crippen MR) is 82.5 cm³/mol. The van der Waals surface area contributed by atoms with Crippen LogP contribution in [0.15, 0.2) is 42.7 Å². The van der Waals surface area contributed by atoms with E-state index in [-0.39, 0.29) is 0 Å². The number of aromatic nitrogens is 1. The standard InChI is InChI=1S/C17H17F3N2/c1-10(2)22(4)17-11(3)7-13(9-21-17)12-5-6-15(18)14(8-12)16(19)20/h5-9,16H,1H2,2-4H3. The van der Waals surface area contributed by atoms with Crippen LogP contribution in [0, 0.1) is 12.7 Å². The van der Waals surface area contributed by atoms with Crippen LogP contribution in [0.2, 0.25) is 0 Å². The smallest absolute Gasteiger partial charge is 0.266 e. The zero-order valence-electron chi connectivity index (χ0n) is 12.7. The molecule has 1 heterocycles. The molecule has 0 spiro atoms. The summed E-state index contributed by atoms with van der Waals surface area (Å²) in [6, 6.07) is 5.53. The molecule has 0 bridgehead atoms. The maximum atomic E-state index is 13.4. The molecule has 0 unspecified atom stereocenters. The van der Waals surface area contributed by atoms with Crippen LogP contribution in [0.5, 0.6) is 0 Å². The molecule has 0 saturated carbocycles. The number of aryl methyl sites for hydroxylation is 1. The van der Waals surface area contributed by atoms with Crippen LogP contribution in [0.25, 0.3) is 11.1 Å². The number of rotatable bonds is 4. The maximum Gasteiger partial charge on any atom is 0.266 e. The predicted octanol–water partition coefficient (Wildman–Crippen LogP) is 5.10. The molecule has 0 fully saturated rings. The second-order valence-corrected chi connectivity index (χ2v) is 5.20. The molecule has 0 radical (unpaired) electrons. The molecular weight excluding hydrogens is 289 g/mol. The fraction of sp³-hybridized carbons (Fsp3) is 0.235. The van der Waals surface area contributed by atoms with Gasteiger partial charge in [-0.3, -0.25) is 0 Å². The number of alkyl halides is 2. The van der Waals surface area contributed by atoms with Crippen LogP contribution >= 0.6 is 0 Å². The van der Waals surface area contributed by atoms with E-state index in [4.69, 9.17) is 0 Å². The molecule has 0 aliphatic carbocycles. The molecule has 1 aromatic carbocycles. The van der Waals surface area contributed by atoms with E-state index in [0.29, 0.717) is 11.1 Å². The van der Waals surface area contributed by atoms with Crippen molar-refractivity contribution in [3.05, 3.63) is 59.7 Å². The van der Waals surface area contributed by atoms with Crippen LogP contribution in [0.4, 0.5) is 19.0 Å². The van der Waals surface area contributed by atoms with Crippen molar-refractivity contribution < 1.29 is 13.2 Å². The third-order valence-electron chi connectivity index (χ3n) is 3.51. The van der Waals surface area contributed by atoms with E-state index in [1.54, 1.807) is 6.20 Å². The number of hydrogen-bond donors (Lipinski definition) is 0. The zero-order valence-corrected chi connectivity index (χ0v) is 12.7. The van der Waals surface area contributed by atoms with E-state index in [1.807, 2.05) is 31.9 Å². The van der Waals surface area contributed by atoms with Crippen LogP contribution in [-0.4, -0.2) is 12.0 Å². The van der Waals surface area contributed by atoms with Crippen molar-refractivity contribution in [1.82, 2.24) is 4.98 Å². The SMILES string of the molecule is C=C(C)N(C)c1ncc(-c2ccc(F)c(C(F)F)c2)cc1C. The summed E-state index contributed by atoms with van der Waals surface area (Å²) in [6.07, 6.45) is -1.26. The normalized spacial score (nSPS) is 10.9. The molecule has 0 aliphatic rings. The minimum atomic E-state index is -2.84. The number of halogens is 3. The average molecular weight is 306 g/mol. The number of benzene rings is 1. The van der Waals surface area contributed by atoms with Gasteiger partial charge in [-0.05, 0) is 43.2 Å². The molecule has 2 nitrogen and oxygen atoms in total. The number of pyridine rings is 1. The van der Waals surface area contributed by atoms with Crippen LogP contribution in [0.1, 0.15) is 24.5 Å². The Balaban J connectivity index is 2.45. The Morgan fingerprint density at radius 1 is 1.23 bits per heavy atom. The number of nitrogens with zero attached hydrogens (tertiary/aromatic N) is 2. The van der Waals surface area contributed by atoms with E-state index in [1.165, 1.54) is 12.1 Å². The molecule has 0 aliphatic heterocycles. The van der Waals surface area contributed by atoms with Crippen molar-refractivity contribution in [3.8, 4) is 11.1 Å². The largest absolute Gasteiger partial charge is 0.334 e. The molecule has 22 heavy (non-hydrogen) atoms. The molecule has 2 aromatic rings. The highest BCUT2D eigenvalue weighted by atomic mass is 19.3. The summed E-state index contributed by atoms with van der Waals surface area (Å²) in [4.78, 5) is 6.20. The summed E-state index contributed by atoms with van der Waals surface area (Å²) in [5.74, 6) is -0.158. The van der Waals surface area contributed by atoms with Gasteiger partial charge in [-0.2, -0.15) is 0 Å². The van der Waals surface area contributed by atoms with Gasteiger partial charge >= 0.3 is 0 Å². The van der Waals surface area contributed by atoms with E-state index >= 15 is 0 Å². The van der Waals surface area contributed by atoms with Crippen molar-refractivity contribution in [2.75, 3.05) is 11.9 Å². The maximum absolute atomic E-state index is 13.4. The van der Waals surface area contributed by atoms with Crippen molar-refractivity contribution in [2.24, 2.45) is 0 Å². The molecule has 0 N–H and O–H groups in total. The van der Waals surface area contributed by atoms with Gasteiger partial charge in [0.2, 0.25) is 0 Å². The fourth-order valence-corrected chi connectivity index (χ4v) is 2.15. The highest BCUT2D eigenvalue weighted by molar-refractivity contribution is 5.67. The molecule has 2 rings (SSSR count). The summed E-state index contributed by atoms with van der Waals surface area (Å²) in [7, 11) is 1.85. The summed E-state index contributed by atoms with van der Waals surface area (Å²) >= 11 is 0. The Labute approximate surface area is 127 Å². The second kappa shape index (κ2) is 6.22. The monoisotopic (exact) mass is 306 g/mol. The van der Waals surface area contributed by atoms with Crippen molar-refractivity contribution >= 4 is 5.82 Å². The first-order valence-electron chi connectivity index (χ1n) is 6.75. The third kappa shape index (κ3) is 3.13. The topological polar surface area (TPSA) is 16.1 Å². The highest BCUT2D eigenvalue weighted by Crippen LogP contribution is 2.30. The van der Waals surface area contributed by atoms with E-state index < -0.39 is 17.8 Å². The lowest BCUT2D eigenvalue weighted by molar-refractivity contribution is 0.146. The zero-order chi connectivity index (χ0) is 16.4. The Hall–Kier alpha value is -2.30. The van der Waals surface area contributed by atoms with Gasteiger partial charge in [-0.25, -0.2) is 18.2 Å². The van der Waals surface area contributed by atoms with Crippen molar-refractivity contribution in [2.45, 2.75) is 20.3 Å². The molecule has 1 aromatic heterocycles. The van der Waals surface area contributed by atoms with Gasteiger partial charge in [0.1, 0.15) is 11.6 Å². The average Bonchev–Trinajstić information content (AvgIpc) is 2.46. The molecule has 0 atom stereocenters. The van der Waals surface area contributed by atoms with E-state index in [9.17, 15) is 13.2 Å². The second-order valence-electron chi connectivity index (χ2n) is 5.20. The van der Waals surface area contributed by atoms with E-state index in [0.717, 1.165) is 23.1 Å². The lowest BCUT2D eigenvalue weighted by Crippen LogP contribution is -2.16. The Bertz CT molecular complexity index is 711. The van der Waals surface area contributed by atoms with Gasteiger partial charge < -0.3 is 4.90 Å². The van der Waals surface area contributed by atoms with Crippen LogP contribution in [0.3, 0.4) is 0 Å². The van der Waals surface area contributed by atoms with Crippen LogP contribution < -0.4 is 4.90 Å². The van der Waals surface area contributed by atoms with Gasteiger partial charge in [0.15, 0.2) is 0 Å². The number of allylic oxidation sites excluding steroid dienone is 1. The summed E-state index contributed by atoms with van der Waals surface area (Å²) in [5.41, 5.74) is 2.30. The summed E-state index contributed by atoms with van der Waals surface area (Å²) in [6.45, 7) is 7.60. The molecule has 5 heteroatoms.